The number of para-hydroxylation sites is 1. The van der Waals surface area contributed by atoms with Gasteiger partial charge in [-0.2, -0.15) is 8.42 Å². The number of hydrogen-bond donors (Lipinski definition) is 3. The molecule has 1 aromatic heterocycles. The number of rotatable bonds is 8. The maximum atomic E-state index is 13.4. The van der Waals surface area contributed by atoms with E-state index in [1.54, 1.807) is 61.6 Å². The molecule has 53 heavy (non-hydrogen) atoms. The van der Waals surface area contributed by atoms with Crippen molar-refractivity contribution < 1.29 is 46.3 Å². The number of carbonyl (C=O) groups excluding carboxylic acids is 3. The summed E-state index contributed by atoms with van der Waals surface area (Å²) in [6, 6.07) is 23.1. The number of benzene rings is 3. The van der Waals surface area contributed by atoms with Crippen molar-refractivity contribution in [1.29, 1.82) is 0 Å². The van der Waals surface area contributed by atoms with Gasteiger partial charge in [-0.05, 0) is 60.4 Å². The Morgan fingerprint density at radius 1 is 1.02 bits per heavy atom. The van der Waals surface area contributed by atoms with Gasteiger partial charge in [0.1, 0.15) is 54.8 Å². The number of nitrogens with two attached hydrogens (primary N) is 1. The summed E-state index contributed by atoms with van der Waals surface area (Å²) in [6.07, 6.45) is 1.46. The molecule has 0 aliphatic carbocycles. The second kappa shape index (κ2) is 16.7. The van der Waals surface area contributed by atoms with E-state index in [0.717, 1.165) is 0 Å². The van der Waals surface area contributed by atoms with Gasteiger partial charge in [-0.1, -0.05) is 56.2 Å². The van der Waals surface area contributed by atoms with Gasteiger partial charge in [-0.3, -0.25) is 23.9 Å². The van der Waals surface area contributed by atoms with Crippen molar-refractivity contribution in [3.05, 3.63) is 108 Å². The number of ether oxygens (including phenoxy) is 4. The van der Waals surface area contributed by atoms with E-state index in [4.69, 9.17) is 29.2 Å². The van der Waals surface area contributed by atoms with Crippen molar-refractivity contribution in [3.8, 4) is 29.1 Å². The summed E-state index contributed by atoms with van der Waals surface area (Å²) in [7, 11) is -2.41. The van der Waals surface area contributed by atoms with Crippen molar-refractivity contribution >= 4 is 33.6 Å². The number of amides is 2. The molecule has 2 atom stereocenters. The zero-order chi connectivity index (χ0) is 38.2. The number of nitrogens with one attached hydrogen (secondary N) is 1. The average molecular weight is 743 g/mol. The van der Waals surface area contributed by atoms with Crippen molar-refractivity contribution in [2.24, 2.45) is 11.7 Å². The highest BCUT2D eigenvalue weighted by atomic mass is 32.2. The molecule has 276 valence electrons. The van der Waals surface area contributed by atoms with Crippen LogP contribution in [0.5, 0.6) is 17.2 Å². The molecule has 2 aliphatic heterocycles. The fraction of sp³-hybridized carbons (Fsp3) is 0.263. The zero-order valence-electron chi connectivity index (χ0n) is 29.1. The van der Waals surface area contributed by atoms with Crippen LogP contribution in [0.2, 0.25) is 0 Å². The Kier molecular flexibility index (Phi) is 12.1. The summed E-state index contributed by atoms with van der Waals surface area (Å²) in [5.74, 6) is 5.97. The molecule has 6 rings (SSSR count). The van der Waals surface area contributed by atoms with Crippen LogP contribution in [0.3, 0.4) is 0 Å². The molecular formula is C38H38N4O10S. The number of hydrogen-bond acceptors (Lipinski definition) is 11. The minimum Gasteiger partial charge on any atom is -0.489 e. The lowest BCUT2D eigenvalue weighted by molar-refractivity contribution is -0.194. The topological polar surface area (TPSA) is 197 Å². The van der Waals surface area contributed by atoms with Crippen LogP contribution in [0.1, 0.15) is 29.9 Å². The highest BCUT2D eigenvalue weighted by molar-refractivity contribution is 7.85. The molecule has 3 heterocycles. The molecular weight excluding hydrogens is 705 g/mol. The summed E-state index contributed by atoms with van der Waals surface area (Å²) in [4.78, 5) is 44.3. The Bertz CT molecular complexity index is 2110. The van der Waals surface area contributed by atoms with Gasteiger partial charge in [-0.15, -0.1) is 0 Å². The van der Waals surface area contributed by atoms with Gasteiger partial charge in [0.15, 0.2) is 0 Å². The van der Waals surface area contributed by atoms with Crippen LogP contribution in [-0.2, 0) is 29.2 Å². The second-order valence-electron chi connectivity index (χ2n) is 12.4. The van der Waals surface area contributed by atoms with Gasteiger partial charge >= 0.3 is 5.97 Å². The molecule has 1 fully saturated rings. The molecule has 4 aromatic rings. The van der Waals surface area contributed by atoms with E-state index in [0.29, 0.717) is 28.5 Å². The van der Waals surface area contributed by atoms with Crippen LogP contribution in [0, 0.1) is 17.8 Å². The van der Waals surface area contributed by atoms with Gasteiger partial charge in [0.05, 0.1) is 10.6 Å². The summed E-state index contributed by atoms with van der Waals surface area (Å²) in [5.41, 5.74) is 5.98. The summed E-state index contributed by atoms with van der Waals surface area (Å²) in [6.45, 7) is 3.87. The molecule has 2 amide bonds. The fourth-order valence-electron chi connectivity index (χ4n) is 4.89. The number of pyridine rings is 1. The maximum Gasteiger partial charge on any atom is 0.324 e. The van der Waals surface area contributed by atoms with Crippen LogP contribution < -0.4 is 25.4 Å². The smallest absolute Gasteiger partial charge is 0.324 e. The van der Waals surface area contributed by atoms with E-state index in [-0.39, 0.29) is 42.2 Å². The van der Waals surface area contributed by atoms with Crippen molar-refractivity contribution in [1.82, 2.24) is 10.3 Å². The van der Waals surface area contributed by atoms with E-state index >= 15 is 0 Å². The zero-order valence-corrected chi connectivity index (χ0v) is 29.9. The predicted octanol–water partition coefficient (Wildman–Crippen LogP) is 3.61. The van der Waals surface area contributed by atoms with Crippen molar-refractivity contribution in [2.45, 2.75) is 36.4 Å². The number of esters is 1. The van der Waals surface area contributed by atoms with Crippen molar-refractivity contribution in [3.63, 3.8) is 0 Å². The van der Waals surface area contributed by atoms with E-state index in [1.807, 2.05) is 32.0 Å². The lowest BCUT2D eigenvalue weighted by Gasteiger charge is -2.37. The molecule has 0 unspecified atom stereocenters. The molecule has 0 saturated carbocycles. The minimum absolute atomic E-state index is 0.0741. The molecule has 0 radical (unpaired) electrons. The van der Waals surface area contributed by atoms with Gasteiger partial charge in [0.25, 0.3) is 21.9 Å². The molecule has 0 bridgehead atoms. The highest BCUT2D eigenvalue weighted by Crippen LogP contribution is 2.32. The van der Waals surface area contributed by atoms with Crippen LogP contribution >= 0.6 is 0 Å². The summed E-state index contributed by atoms with van der Waals surface area (Å²) < 4.78 is 51.8. The molecule has 2 aliphatic rings. The van der Waals surface area contributed by atoms with Gasteiger partial charge < -0.3 is 34.9 Å². The predicted molar refractivity (Wildman–Crippen MR) is 193 cm³/mol. The van der Waals surface area contributed by atoms with Crippen LogP contribution in [0.15, 0.2) is 102 Å². The number of nitrogens with zero attached hydrogens (tertiary/aromatic N) is 2. The number of aromatic nitrogens is 1. The molecule has 3 aromatic carbocycles. The first-order valence-electron chi connectivity index (χ1n) is 16.4. The first-order chi connectivity index (χ1) is 25.2. The van der Waals surface area contributed by atoms with Crippen molar-refractivity contribution in [2.75, 3.05) is 31.8 Å². The minimum atomic E-state index is -4.00. The van der Waals surface area contributed by atoms with Crippen LogP contribution in [0.25, 0.3) is 0 Å². The quantitative estimate of drug-likeness (QED) is 0.135. The van der Waals surface area contributed by atoms with Gasteiger partial charge in [-0.25, -0.2) is 0 Å². The Balaban J connectivity index is 0.000000469. The van der Waals surface area contributed by atoms with E-state index in [1.165, 1.54) is 29.3 Å². The molecule has 14 nitrogen and oxygen atoms in total. The Labute approximate surface area is 307 Å². The summed E-state index contributed by atoms with van der Waals surface area (Å²) in [5, 5.41) is 2.72. The monoisotopic (exact) mass is 742 g/mol. The van der Waals surface area contributed by atoms with E-state index in [9.17, 15) is 22.8 Å². The van der Waals surface area contributed by atoms with Crippen LogP contribution in [-0.4, -0.2) is 80.3 Å². The van der Waals surface area contributed by atoms with E-state index < -0.39 is 39.7 Å². The molecule has 0 spiro atoms. The average Bonchev–Trinajstić information content (AvgIpc) is 3.24. The van der Waals surface area contributed by atoms with Gasteiger partial charge in [0.2, 0.25) is 5.60 Å². The largest absolute Gasteiger partial charge is 0.489 e. The molecule has 4 N–H and O–H groups in total. The maximum absolute atomic E-state index is 13.4. The number of likely N-dealkylation sites (N-methyl/N-ethyl adjacent to an activating group) is 1. The lowest BCUT2D eigenvalue weighted by atomic mass is 10.0. The number of anilines is 1. The fourth-order valence-corrected chi connectivity index (χ4v) is 5.39. The molecule has 15 heteroatoms. The highest BCUT2D eigenvalue weighted by Gasteiger charge is 2.42. The third-order valence-electron chi connectivity index (χ3n) is 8.04. The Morgan fingerprint density at radius 2 is 1.70 bits per heavy atom. The third kappa shape index (κ3) is 9.96. The third-order valence-corrected chi connectivity index (χ3v) is 8.90. The van der Waals surface area contributed by atoms with Gasteiger partial charge in [0, 0.05) is 24.9 Å². The lowest BCUT2D eigenvalue weighted by Crippen LogP contribution is -2.54. The first-order valence-corrected chi connectivity index (χ1v) is 17.8. The Morgan fingerprint density at radius 3 is 2.30 bits per heavy atom. The normalized spacial score (nSPS) is 16.5. The second-order valence-corrected chi connectivity index (χ2v) is 13.8. The van der Waals surface area contributed by atoms with E-state index in [2.05, 4.69) is 22.1 Å². The number of fused-ring (bicyclic) bond motifs is 1. The SMILES string of the molecule is CC(C)[C@H](N)C(=O)OC1(C#Cc2ccc3c(c2)N(C)C(=O)[C@@H](NC(=O)c2cc(Oc4ccccc4)ccn2)CO3)COC1.O=S(=O)(O)c1ccccc1. The standard InChI is InChI=1S/C32H32N4O7.C6H6O3S/c1-20(2)28(33)31(39)43-32(18-40-19-32)13-11-21-9-10-27-26(15-21)36(3)30(38)25(17-41-27)35-29(37)24-16-23(12-14-34-24)42-22-7-5-4-6-8-22;7-10(8,9)6-4-2-1-3-5-6/h4-10,12,14-16,20,25,28H,17-19,33H2,1-3H3,(H,35,37);1-5H,(H,7,8,9)/t25-,28-;/m0./s1. The molecule has 1 saturated heterocycles. The number of carbonyl (C=O) groups is 3. The first kappa shape index (κ1) is 38.4. The Hall–Kier alpha value is -5.79. The summed E-state index contributed by atoms with van der Waals surface area (Å²) >= 11 is 0. The van der Waals surface area contributed by atoms with Crippen LogP contribution in [0.4, 0.5) is 5.69 Å².